The molecule has 1 N–H and O–H groups in total. The lowest BCUT2D eigenvalue weighted by atomic mass is 10.1. The van der Waals surface area contributed by atoms with Crippen molar-refractivity contribution in [3.63, 3.8) is 0 Å². The molecule has 1 nitrogen and oxygen atoms in total. The molecule has 0 saturated heterocycles. The number of aliphatic hydroxyl groups is 1. The first kappa shape index (κ1) is 14.2. The van der Waals surface area contributed by atoms with Gasteiger partial charge in [0.15, 0.2) is 6.10 Å². The molecule has 0 saturated carbocycles. The van der Waals surface area contributed by atoms with Gasteiger partial charge in [-0.05, 0) is 29.5 Å². The molecule has 0 aliphatic carbocycles. The lowest BCUT2D eigenvalue weighted by Gasteiger charge is -2.15. The van der Waals surface area contributed by atoms with E-state index in [1.54, 1.807) is 0 Å². The third kappa shape index (κ3) is 4.47. The zero-order chi connectivity index (χ0) is 13.3. The molecule has 0 amide bonds. The summed E-state index contributed by atoms with van der Waals surface area (Å²) < 4.78 is 72.0. The largest absolute Gasteiger partial charge is 0.446 e. The molecule has 8 heteroatoms. The van der Waals surface area contributed by atoms with E-state index in [1.807, 2.05) is 0 Å². The molecule has 0 fully saturated rings. The molecule has 96 valence electrons. The van der Waals surface area contributed by atoms with Crippen LogP contribution in [0.1, 0.15) is 11.7 Å². The fourth-order valence-corrected chi connectivity index (χ4v) is 1.58. The minimum Gasteiger partial charge on any atom is -0.379 e. The minimum absolute atomic E-state index is 0.240. The summed E-state index contributed by atoms with van der Waals surface area (Å²) in [5.74, 6) is 0. The number of halogens is 6. The van der Waals surface area contributed by atoms with Crippen molar-refractivity contribution < 1.29 is 31.4 Å². The molecule has 0 aliphatic rings. The number of rotatable bonds is 2. The van der Waals surface area contributed by atoms with Crippen LogP contribution in [0, 0.1) is 0 Å². The van der Waals surface area contributed by atoms with Gasteiger partial charge < -0.3 is 5.11 Å². The van der Waals surface area contributed by atoms with Crippen molar-refractivity contribution in [2.45, 2.75) is 22.7 Å². The van der Waals surface area contributed by atoms with Gasteiger partial charge in [0.1, 0.15) is 0 Å². The highest BCUT2D eigenvalue weighted by Crippen LogP contribution is 2.38. The molecule has 0 heterocycles. The van der Waals surface area contributed by atoms with Crippen molar-refractivity contribution in [3.05, 3.63) is 29.8 Å². The minimum atomic E-state index is -4.83. The maximum Gasteiger partial charge on any atom is 0.446 e. The number of hydrogen-bond acceptors (Lipinski definition) is 2. The van der Waals surface area contributed by atoms with Crippen LogP contribution >= 0.6 is 11.8 Å². The van der Waals surface area contributed by atoms with Gasteiger partial charge in [-0.2, -0.15) is 26.3 Å². The Kier molecular flexibility index (Phi) is 3.98. The lowest BCUT2D eigenvalue weighted by Crippen LogP contribution is -2.20. The Morgan fingerprint density at radius 3 is 1.76 bits per heavy atom. The van der Waals surface area contributed by atoms with Crippen LogP contribution in [0.4, 0.5) is 26.3 Å². The third-order valence-corrected chi connectivity index (χ3v) is 2.48. The van der Waals surface area contributed by atoms with Crippen molar-refractivity contribution in [1.82, 2.24) is 0 Å². The normalized spacial score (nSPS) is 14.8. The number of benzene rings is 1. The SMILES string of the molecule is OC(c1ccc(SC(F)(F)F)cc1)C(F)(F)F. The Morgan fingerprint density at radius 1 is 0.941 bits per heavy atom. The highest BCUT2D eigenvalue weighted by Gasteiger charge is 2.39. The summed E-state index contributed by atoms with van der Waals surface area (Å²) >= 11 is -0.434. The van der Waals surface area contributed by atoms with Gasteiger partial charge in [0.2, 0.25) is 0 Å². The van der Waals surface area contributed by atoms with E-state index >= 15 is 0 Å². The van der Waals surface area contributed by atoms with Crippen molar-refractivity contribution in [1.29, 1.82) is 0 Å². The van der Waals surface area contributed by atoms with Crippen molar-refractivity contribution in [3.8, 4) is 0 Å². The predicted molar refractivity (Wildman–Crippen MR) is 49.4 cm³/mol. The van der Waals surface area contributed by atoms with E-state index in [-0.39, 0.29) is 4.90 Å². The molecule has 1 atom stereocenters. The second-order valence-corrected chi connectivity index (χ2v) is 4.20. The molecule has 1 aromatic carbocycles. The van der Waals surface area contributed by atoms with Crippen LogP contribution in [0.2, 0.25) is 0 Å². The van der Waals surface area contributed by atoms with Gasteiger partial charge in [-0.1, -0.05) is 12.1 Å². The van der Waals surface area contributed by atoms with E-state index in [9.17, 15) is 26.3 Å². The first-order valence-electron chi connectivity index (χ1n) is 4.20. The molecule has 0 aromatic heterocycles. The summed E-state index contributed by atoms with van der Waals surface area (Å²) in [6, 6.07) is 3.38. The Morgan fingerprint density at radius 2 is 1.41 bits per heavy atom. The van der Waals surface area contributed by atoms with E-state index in [0.717, 1.165) is 24.3 Å². The molecule has 1 rings (SSSR count). The molecule has 1 unspecified atom stereocenters. The number of thioether (sulfide) groups is 1. The summed E-state index contributed by atoms with van der Waals surface area (Å²) in [4.78, 5) is -0.240. The molecule has 17 heavy (non-hydrogen) atoms. The first-order valence-corrected chi connectivity index (χ1v) is 5.02. The van der Waals surface area contributed by atoms with Crippen molar-refractivity contribution >= 4 is 11.8 Å². The zero-order valence-electron chi connectivity index (χ0n) is 8.01. The summed E-state index contributed by atoms with van der Waals surface area (Å²) in [5.41, 5.74) is -4.99. The maximum atomic E-state index is 12.1. The van der Waals surface area contributed by atoms with E-state index in [1.165, 1.54) is 0 Å². The van der Waals surface area contributed by atoms with Crippen LogP contribution in [0.15, 0.2) is 29.2 Å². The summed E-state index contributed by atoms with van der Waals surface area (Å²) in [6.07, 6.45) is -7.52. The lowest BCUT2D eigenvalue weighted by molar-refractivity contribution is -0.206. The zero-order valence-corrected chi connectivity index (χ0v) is 8.83. The summed E-state index contributed by atoms with van der Waals surface area (Å²) in [6.45, 7) is 0. The van der Waals surface area contributed by atoms with E-state index in [2.05, 4.69) is 0 Å². The standard InChI is InChI=1S/C9H6F6OS/c10-8(11,12)7(16)5-1-3-6(4-2-5)17-9(13,14)15/h1-4,7,16H. The average Bonchev–Trinajstić information content (AvgIpc) is 2.14. The van der Waals surface area contributed by atoms with E-state index in [0.29, 0.717) is 0 Å². The fourth-order valence-electron chi connectivity index (χ4n) is 1.04. The average molecular weight is 276 g/mol. The molecule has 0 bridgehead atoms. The molecular formula is C9H6F6OS. The van der Waals surface area contributed by atoms with Crippen LogP contribution in [0.5, 0.6) is 0 Å². The van der Waals surface area contributed by atoms with Crippen LogP contribution < -0.4 is 0 Å². The van der Waals surface area contributed by atoms with Gasteiger partial charge in [0.05, 0.1) is 0 Å². The summed E-state index contributed by atoms with van der Waals surface area (Å²) in [5, 5.41) is 8.83. The monoisotopic (exact) mass is 276 g/mol. The fraction of sp³-hybridized carbons (Fsp3) is 0.333. The van der Waals surface area contributed by atoms with Crippen LogP contribution in [0.3, 0.4) is 0 Å². The number of aliphatic hydroxyl groups excluding tert-OH is 1. The Hall–Kier alpha value is -0.890. The smallest absolute Gasteiger partial charge is 0.379 e. The van der Waals surface area contributed by atoms with Crippen molar-refractivity contribution in [2.75, 3.05) is 0 Å². The number of hydrogen-bond donors (Lipinski definition) is 1. The molecule has 1 aromatic rings. The van der Waals surface area contributed by atoms with Gasteiger partial charge in [-0.3, -0.25) is 0 Å². The second kappa shape index (κ2) is 4.77. The third-order valence-electron chi connectivity index (χ3n) is 1.74. The van der Waals surface area contributed by atoms with Crippen molar-refractivity contribution in [2.24, 2.45) is 0 Å². The molecule has 0 spiro atoms. The van der Waals surface area contributed by atoms with Crippen LogP contribution in [-0.4, -0.2) is 16.8 Å². The predicted octanol–water partition coefficient (Wildman–Crippen LogP) is 3.89. The Labute approximate surface area is 96.4 Å². The quantitative estimate of drug-likeness (QED) is 0.653. The topological polar surface area (TPSA) is 20.2 Å². The molecular weight excluding hydrogens is 270 g/mol. The van der Waals surface area contributed by atoms with E-state index in [4.69, 9.17) is 5.11 Å². The Balaban J connectivity index is 2.82. The van der Waals surface area contributed by atoms with Gasteiger partial charge >= 0.3 is 11.7 Å². The number of alkyl halides is 6. The maximum absolute atomic E-state index is 12.1. The van der Waals surface area contributed by atoms with Gasteiger partial charge in [0.25, 0.3) is 0 Å². The highest BCUT2D eigenvalue weighted by atomic mass is 32.2. The van der Waals surface area contributed by atoms with Crippen LogP contribution in [-0.2, 0) is 0 Å². The second-order valence-electron chi connectivity index (χ2n) is 3.06. The van der Waals surface area contributed by atoms with E-state index < -0.39 is 35.1 Å². The Bertz CT molecular complexity index is 369. The highest BCUT2D eigenvalue weighted by molar-refractivity contribution is 8.00. The van der Waals surface area contributed by atoms with Gasteiger partial charge in [-0.25, -0.2) is 0 Å². The van der Waals surface area contributed by atoms with Crippen LogP contribution in [0.25, 0.3) is 0 Å². The molecule has 0 radical (unpaired) electrons. The van der Waals surface area contributed by atoms with Gasteiger partial charge in [-0.15, -0.1) is 0 Å². The molecule has 0 aliphatic heterocycles. The van der Waals surface area contributed by atoms with Gasteiger partial charge in [0, 0.05) is 4.90 Å². The summed E-state index contributed by atoms with van der Waals surface area (Å²) in [7, 11) is 0. The first-order chi connectivity index (χ1) is 7.59.